The summed E-state index contributed by atoms with van der Waals surface area (Å²) in [4.78, 5) is 2.76. The van der Waals surface area contributed by atoms with Gasteiger partial charge in [-0.1, -0.05) is 309 Å². The predicted molar refractivity (Wildman–Crippen MR) is 522 cm³/mol. The number of para-hydroxylation sites is 4. The monoisotopic (exact) mass is 1720 g/mol. The lowest BCUT2D eigenvalue weighted by Gasteiger charge is -2.27. The molecule has 17 rings (SSSR count). The fraction of sp³-hybridized carbons (Fsp3) is 0.232. The maximum Gasteiger partial charge on any atom is 0.131 e. The van der Waals surface area contributed by atoms with Gasteiger partial charge in [-0.2, -0.15) is 0 Å². The van der Waals surface area contributed by atoms with E-state index in [-0.39, 0.29) is 36.1 Å². The predicted octanol–water partition coefficient (Wildman–Crippen LogP) is 24.9. The van der Waals surface area contributed by atoms with E-state index in [1.807, 2.05) is 160 Å². The summed E-state index contributed by atoms with van der Waals surface area (Å²) in [5, 5.41) is 6.37. The molecule has 12 N–H and O–H groups in total. The van der Waals surface area contributed by atoms with Crippen LogP contribution in [0.5, 0.6) is 34.5 Å². The summed E-state index contributed by atoms with van der Waals surface area (Å²) >= 11 is 1.87. The molecule has 2 aliphatic heterocycles. The molecule has 0 spiro atoms. The van der Waals surface area contributed by atoms with Crippen molar-refractivity contribution in [3.8, 4) is 34.5 Å². The zero-order valence-corrected chi connectivity index (χ0v) is 74.6. The molecule has 12 nitrogen and oxygen atoms in total. The third-order valence-electron chi connectivity index (χ3n) is 22.2. The van der Waals surface area contributed by atoms with Crippen LogP contribution in [0, 0.1) is 32.4 Å². The molecular formula is C112H123F2N7O5S. The highest BCUT2D eigenvalue weighted by Crippen LogP contribution is 2.48. The molecule has 0 aromatic heterocycles. The SMILES string of the molecule is CNCCC(Oc1ccc(C)cc1)c1ccccc1.CNCCC(Oc1ccccc1C)c1ccccc1.Cc1ccccc1OC(CCN)c1cccc(F)c1.NCCC1c2ccccc2C=Cc2ccccc21.NCCC1c2ccccc2Oc2ccccc21.NCCC1c2ccccc2Sc2ccccc21.NCC[C@@H](Oc1cccc(F)c1)c1ccccc1. The first-order valence-corrected chi connectivity index (χ1v) is 45.0. The van der Waals surface area contributed by atoms with Crippen molar-refractivity contribution in [2.75, 3.05) is 59.9 Å². The Labute approximate surface area is 756 Å². The first-order chi connectivity index (χ1) is 62.3. The van der Waals surface area contributed by atoms with Crippen molar-refractivity contribution < 1.29 is 32.5 Å². The number of hydrogen-bond donors (Lipinski definition) is 7. The number of halogens is 2. The minimum atomic E-state index is -0.299. The average Bonchev–Trinajstić information content (AvgIpc) is 0.964. The van der Waals surface area contributed by atoms with Gasteiger partial charge >= 0.3 is 0 Å². The van der Waals surface area contributed by atoms with Crippen LogP contribution in [0.15, 0.2) is 368 Å². The van der Waals surface area contributed by atoms with Crippen molar-refractivity contribution in [1.29, 1.82) is 0 Å². The summed E-state index contributed by atoms with van der Waals surface area (Å²) in [6.07, 6.45) is 10.5. The number of hydrogen-bond acceptors (Lipinski definition) is 13. The fourth-order valence-corrected chi connectivity index (χ4v) is 16.9. The standard InChI is InChI=1S/2C17H21NO.C17H17N.C16H18FNO.C15H16FNO.C15H15NO.C15H15NS/c1-14-8-6-7-11-16(14)19-17(12-13-18-2)15-9-4-3-5-10-15;1-14-8-10-16(11-9-14)19-17(12-13-18-2)15-6-4-3-5-7-15;18-12-11-17-15-7-3-1-5-13(15)9-10-14-6-2-4-8-16(14)17;1-12-5-2-3-8-15(12)19-16(9-10-18)13-6-4-7-14(17)11-13;16-13-7-4-8-14(11-13)18-15(9-10-17)12-5-2-1-3-6-12;2*16-10-9-11-12-5-1-3-7-14(12)17-15-8-4-2-6-13(11)15/h2*3-11,17-18H,12-13H2,1-2H3;1-10,17H,11-12,18H2;2-8,11,16H,9-10,18H2,1H3;1-8,11,15H,9-10,17H2;2*1-8,11H,9-10,16H2/t;;;;15-;;/m....1../s1. The first-order valence-electron chi connectivity index (χ1n) is 44.2. The van der Waals surface area contributed by atoms with Crippen LogP contribution < -0.4 is 63.0 Å². The van der Waals surface area contributed by atoms with Crippen molar-refractivity contribution in [3.05, 3.63) is 453 Å². The topological polar surface area (TPSA) is 200 Å². The summed E-state index contributed by atoms with van der Waals surface area (Å²) in [6, 6.07) is 118. The normalized spacial score (nSPS) is 12.9. The molecule has 0 radical (unpaired) electrons. The lowest BCUT2D eigenvalue weighted by Crippen LogP contribution is -2.16. The van der Waals surface area contributed by atoms with Crippen LogP contribution in [0.3, 0.4) is 0 Å². The van der Waals surface area contributed by atoms with Crippen molar-refractivity contribution in [2.24, 2.45) is 28.7 Å². The maximum absolute atomic E-state index is 13.3. The van der Waals surface area contributed by atoms with E-state index >= 15 is 0 Å². The van der Waals surface area contributed by atoms with Gasteiger partial charge in [0.1, 0.15) is 70.5 Å². The van der Waals surface area contributed by atoms with Crippen LogP contribution in [-0.4, -0.2) is 59.9 Å². The second-order valence-electron chi connectivity index (χ2n) is 31.3. The highest BCUT2D eigenvalue weighted by Gasteiger charge is 2.28. The molecule has 3 aliphatic rings. The van der Waals surface area contributed by atoms with Gasteiger partial charge in [0.2, 0.25) is 0 Å². The molecule has 2 heterocycles. The van der Waals surface area contributed by atoms with E-state index in [9.17, 15) is 8.78 Å². The highest BCUT2D eigenvalue weighted by atomic mass is 32.2. The Kier molecular flexibility index (Phi) is 39.1. The van der Waals surface area contributed by atoms with E-state index in [2.05, 4.69) is 225 Å². The molecule has 0 bridgehead atoms. The molecule has 3 unspecified atom stereocenters. The number of nitrogens with two attached hydrogens (primary N) is 5. The van der Waals surface area contributed by atoms with Gasteiger partial charge in [0.15, 0.2) is 0 Å². The quantitative estimate of drug-likeness (QED) is 0.0245. The number of rotatable bonds is 28. The van der Waals surface area contributed by atoms with Gasteiger partial charge in [0.05, 0.1) is 0 Å². The van der Waals surface area contributed by atoms with Crippen molar-refractivity contribution in [3.63, 3.8) is 0 Å². The lowest BCUT2D eigenvalue weighted by atomic mass is 9.85. The van der Waals surface area contributed by atoms with Gasteiger partial charge < -0.3 is 63.0 Å². The Morgan fingerprint density at radius 2 is 0.661 bits per heavy atom. The molecule has 0 amide bonds. The van der Waals surface area contributed by atoms with Crippen LogP contribution in [0.4, 0.5) is 8.78 Å². The Bertz CT molecular complexity index is 5360. The number of nitrogens with one attached hydrogen (secondary N) is 2. The van der Waals surface area contributed by atoms with Gasteiger partial charge in [0, 0.05) is 70.4 Å². The molecule has 1 aliphatic carbocycles. The molecule has 656 valence electrons. The van der Waals surface area contributed by atoms with Crippen LogP contribution in [-0.2, 0) is 0 Å². The summed E-state index contributed by atoms with van der Waals surface area (Å²) in [7, 11) is 3.93. The summed E-state index contributed by atoms with van der Waals surface area (Å²) in [6.45, 7) is 11.2. The summed E-state index contributed by atoms with van der Waals surface area (Å²) < 4.78 is 56.4. The number of aryl methyl sites for hydroxylation is 3. The third kappa shape index (κ3) is 28.9. The Balaban J connectivity index is 0.000000144. The van der Waals surface area contributed by atoms with E-state index in [0.717, 1.165) is 97.2 Å². The zero-order valence-electron chi connectivity index (χ0n) is 73.8. The number of benzene rings is 14. The van der Waals surface area contributed by atoms with Crippen LogP contribution in [0.1, 0.15) is 171 Å². The highest BCUT2D eigenvalue weighted by molar-refractivity contribution is 7.99. The lowest BCUT2D eigenvalue weighted by molar-refractivity contribution is 0.193. The van der Waals surface area contributed by atoms with E-state index in [1.54, 1.807) is 18.2 Å². The second kappa shape index (κ2) is 52.0. The second-order valence-corrected chi connectivity index (χ2v) is 32.4. The molecule has 0 saturated heterocycles. The van der Waals surface area contributed by atoms with Crippen molar-refractivity contribution in [1.82, 2.24) is 10.6 Å². The molecule has 127 heavy (non-hydrogen) atoms. The van der Waals surface area contributed by atoms with Crippen molar-refractivity contribution in [2.45, 2.75) is 118 Å². The Hall–Kier alpha value is -12.3. The fourth-order valence-electron chi connectivity index (χ4n) is 15.7. The van der Waals surface area contributed by atoms with Gasteiger partial charge in [-0.05, 0) is 240 Å². The summed E-state index contributed by atoms with van der Waals surface area (Å²) in [5.41, 5.74) is 47.1. The molecule has 14 aromatic carbocycles. The average molecular weight is 1720 g/mol. The Morgan fingerprint density at radius 1 is 0.315 bits per heavy atom. The van der Waals surface area contributed by atoms with E-state index in [1.165, 1.54) is 101 Å². The molecule has 15 heteroatoms. The zero-order chi connectivity index (χ0) is 89.2. The van der Waals surface area contributed by atoms with Crippen LogP contribution >= 0.6 is 11.8 Å². The Morgan fingerprint density at radius 3 is 1.09 bits per heavy atom. The maximum atomic E-state index is 13.3. The van der Waals surface area contributed by atoms with Gasteiger partial charge in [-0.15, -0.1) is 0 Å². The molecular weight excluding hydrogens is 1590 g/mol. The third-order valence-corrected chi connectivity index (χ3v) is 23.4. The van der Waals surface area contributed by atoms with Crippen molar-refractivity contribution >= 4 is 23.9 Å². The largest absolute Gasteiger partial charge is 0.486 e. The van der Waals surface area contributed by atoms with Gasteiger partial charge in [-0.3, -0.25) is 0 Å². The molecule has 14 aromatic rings. The van der Waals surface area contributed by atoms with E-state index < -0.39 is 0 Å². The number of ether oxygens (including phenoxy) is 5. The van der Waals surface area contributed by atoms with E-state index in [0.29, 0.717) is 62.5 Å². The summed E-state index contributed by atoms with van der Waals surface area (Å²) in [5.74, 6) is 5.84. The van der Waals surface area contributed by atoms with Gasteiger partial charge in [-0.25, -0.2) is 8.78 Å². The van der Waals surface area contributed by atoms with Gasteiger partial charge in [0.25, 0.3) is 0 Å². The van der Waals surface area contributed by atoms with Crippen LogP contribution in [0.25, 0.3) is 12.2 Å². The molecule has 0 saturated carbocycles. The molecule has 4 atom stereocenters. The van der Waals surface area contributed by atoms with E-state index in [4.69, 9.17) is 52.4 Å². The minimum absolute atomic E-state index is 0.0924. The number of fused-ring (bicyclic) bond motifs is 6. The molecule has 0 fully saturated rings. The first kappa shape index (κ1) is 95.4. The smallest absolute Gasteiger partial charge is 0.131 e. The van der Waals surface area contributed by atoms with Crippen LogP contribution in [0.2, 0.25) is 0 Å². The minimum Gasteiger partial charge on any atom is -0.486 e.